The number of hydrogen-bond acceptors (Lipinski definition) is 5. The number of ether oxygens (including phenoxy) is 1. The first-order valence-electron chi connectivity index (χ1n) is 11.6. The third kappa shape index (κ3) is 7.37. The summed E-state index contributed by atoms with van der Waals surface area (Å²) in [5.41, 5.74) is 1.29. The molecule has 0 unspecified atom stereocenters. The van der Waals surface area contributed by atoms with Crippen molar-refractivity contribution in [2.45, 2.75) is 65.2 Å². The van der Waals surface area contributed by atoms with E-state index in [1.165, 1.54) is 0 Å². The van der Waals surface area contributed by atoms with E-state index in [1.807, 2.05) is 26.0 Å². The first-order valence-corrected chi connectivity index (χ1v) is 11.6. The number of nitrogens with zero attached hydrogens (tertiary/aromatic N) is 2. The third-order valence-electron chi connectivity index (χ3n) is 5.15. The van der Waals surface area contributed by atoms with Crippen LogP contribution >= 0.6 is 0 Å². The Balaban J connectivity index is 1.83. The Labute approximate surface area is 198 Å². The minimum absolute atomic E-state index is 0.0419. The first kappa shape index (κ1) is 25.3. The third-order valence-corrected chi connectivity index (χ3v) is 5.15. The van der Waals surface area contributed by atoms with Crippen LogP contribution in [0.4, 0.5) is 36.3 Å². The van der Waals surface area contributed by atoms with Crippen molar-refractivity contribution in [3.8, 4) is 5.75 Å². The van der Waals surface area contributed by atoms with Gasteiger partial charge in [0.05, 0.1) is 6.10 Å². The van der Waals surface area contributed by atoms with Crippen LogP contribution in [-0.4, -0.2) is 16.1 Å². The Morgan fingerprint density at radius 2 is 1.68 bits per heavy atom. The lowest BCUT2D eigenvalue weighted by Gasteiger charge is -2.17. The smallest absolute Gasteiger partial charge is 0.421 e. The van der Waals surface area contributed by atoms with Crippen LogP contribution in [0.5, 0.6) is 5.75 Å². The van der Waals surface area contributed by atoms with Crippen LogP contribution in [0.15, 0.2) is 54.7 Å². The van der Waals surface area contributed by atoms with Crippen LogP contribution in [0.25, 0.3) is 0 Å². The van der Waals surface area contributed by atoms with Gasteiger partial charge >= 0.3 is 6.18 Å². The monoisotopic (exact) mass is 472 g/mol. The van der Waals surface area contributed by atoms with E-state index in [-0.39, 0.29) is 17.9 Å². The van der Waals surface area contributed by atoms with Crippen LogP contribution in [0.2, 0.25) is 0 Å². The van der Waals surface area contributed by atoms with Crippen LogP contribution in [0.3, 0.4) is 0 Å². The summed E-state index contributed by atoms with van der Waals surface area (Å²) in [6.45, 7) is 6.00. The number of aromatic nitrogens is 2. The number of halogens is 3. The Morgan fingerprint density at radius 3 is 2.35 bits per heavy atom. The first-order chi connectivity index (χ1) is 16.3. The lowest BCUT2D eigenvalue weighted by molar-refractivity contribution is -0.137. The van der Waals surface area contributed by atoms with Gasteiger partial charge in [0.15, 0.2) is 0 Å². The van der Waals surface area contributed by atoms with Crippen molar-refractivity contribution < 1.29 is 17.9 Å². The molecule has 3 rings (SSSR count). The molecule has 0 saturated heterocycles. The predicted octanol–water partition coefficient (Wildman–Crippen LogP) is 7.89. The minimum atomic E-state index is -4.59. The van der Waals surface area contributed by atoms with Crippen molar-refractivity contribution in [2.24, 2.45) is 0 Å². The molecule has 34 heavy (non-hydrogen) atoms. The molecule has 0 radical (unpaired) electrons. The normalized spacial score (nSPS) is 11.5. The van der Waals surface area contributed by atoms with E-state index in [1.54, 1.807) is 36.4 Å². The minimum Gasteiger partial charge on any atom is -0.491 e. The lowest BCUT2D eigenvalue weighted by Crippen LogP contribution is -2.13. The molecular formula is C26H31F3N4O. The summed E-state index contributed by atoms with van der Waals surface area (Å²) in [5.74, 6) is 0.478. The fourth-order valence-corrected chi connectivity index (χ4v) is 3.49. The van der Waals surface area contributed by atoms with Gasteiger partial charge in [0.1, 0.15) is 17.1 Å². The highest BCUT2D eigenvalue weighted by atomic mass is 19.4. The summed E-state index contributed by atoms with van der Waals surface area (Å²) in [7, 11) is 0. The molecule has 0 spiro atoms. The predicted molar refractivity (Wildman–Crippen MR) is 130 cm³/mol. The molecule has 5 nitrogen and oxygen atoms in total. The largest absolute Gasteiger partial charge is 0.491 e. The summed E-state index contributed by atoms with van der Waals surface area (Å²) >= 11 is 0. The van der Waals surface area contributed by atoms with Crippen molar-refractivity contribution >= 4 is 23.1 Å². The van der Waals surface area contributed by atoms with Gasteiger partial charge in [0.25, 0.3) is 0 Å². The van der Waals surface area contributed by atoms with Crippen LogP contribution in [0.1, 0.15) is 57.6 Å². The van der Waals surface area contributed by atoms with E-state index >= 15 is 0 Å². The van der Waals surface area contributed by atoms with Crippen molar-refractivity contribution in [1.82, 2.24) is 9.97 Å². The standard InChI is InChI=1S/C26H31F3N4O/c1-4-5-6-7-10-19-11-8-9-12-23(19)32-24-22(26(27,28)29)17-30-25(33-24)31-20-13-15-21(16-14-20)34-18(2)3/h8-9,11-18H,4-7,10H2,1-3H3,(H2,30,31,32,33). The molecule has 182 valence electrons. The van der Waals surface area contributed by atoms with Gasteiger partial charge in [-0.25, -0.2) is 4.98 Å². The molecule has 1 aromatic heterocycles. The molecule has 0 amide bonds. The SMILES string of the molecule is CCCCCCc1ccccc1Nc1nc(Nc2ccc(OC(C)C)cc2)ncc1C(F)(F)F. The van der Waals surface area contributed by atoms with Gasteiger partial charge in [-0.3, -0.25) is 0 Å². The number of alkyl halides is 3. The average molecular weight is 473 g/mol. The number of aryl methyl sites for hydroxylation is 1. The maximum Gasteiger partial charge on any atom is 0.421 e. The molecule has 0 saturated carbocycles. The van der Waals surface area contributed by atoms with Crippen molar-refractivity contribution in [3.63, 3.8) is 0 Å². The zero-order valence-electron chi connectivity index (χ0n) is 19.7. The van der Waals surface area contributed by atoms with Gasteiger partial charge in [-0.2, -0.15) is 18.2 Å². The fraction of sp³-hybridized carbons (Fsp3) is 0.385. The van der Waals surface area contributed by atoms with Gasteiger partial charge in [-0.1, -0.05) is 44.4 Å². The average Bonchev–Trinajstić information content (AvgIpc) is 2.78. The molecule has 0 bridgehead atoms. The van der Waals surface area contributed by atoms with Gasteiger partial charge in [0.2, 0.25) is 5.95 Å². The molecule has 0 atom stereocenters. The number of rotatable bonds is 11. The van der Waals surface area contributed by atoms with Gasteiger partial charge < -0.3 is 15.4 Å². The highest BCUT2D eigenvalue weighted by Crippen LogP contribution is 2.36. The second-order valence-corrected chi connectivity index (χ2v) is 8.36. The Morgan fingerprint density at radius 1 is 0.941 bits per heavy atom. The van der Waals surface area contributed by atoms with Gasteiger partial charge in [-0.05, 0) is 62.6 Å². The molecule has 8 heteroatoms. The maximum absolute atomic E-state index is 13.7. The zero-order valence-corrected chi connectivity index (χ0v) is 19.7. The summed E-state index contributed by atoms with van der Waals surface area (Å²) in [6, 6.07) is 14.5. The van der Waals surface area contributed by atoms with E-state index in [9.17, 15) is 13.2 Å². The molecule has 2 N–H and O–H groups in total. The van der Waals surface area contributed by atoms with Gasteiger partial charge in [-0.15, -0.1) is 0 Å². The maximum atomic E-state index is 13.7. The molecular weight excluding hydrogens is 441 g/mol. The fourth-order valence-electron chi connectivity index (χ4n) is 3.49. The zero-order chi connectivity index (χ0) is 24.6. The number of anilines is 4. The summed E-state index contributed by atoms with van der Waals surface area (Å²) in [4.78, 5) is 8.06. The van der Waals surface area contributed by atoms with Crippen molar-refractivity contribution in [1.29, 1.82) is 0 Å². The van der Waals surface area contributed by atoms with Gasteiger partial charge in [0, 0.05) is 17.6 Å². The topological polar surface area (TPSA) is 59.1 Å². The molecule has 0 fully saturated rings. The number of benzene rings is 2. The summed E-state index contributed by atoms with van der Waals surface area (Å²) in [6.07, 6.45) is 1.36. The Kier molecular flexibility index (Phi) is 8.73. The summed E-state index contributed by atoms with van der Waals surface area (Å²) < 4.78 is 46.7. The summed E-state index contributed by atoms with van der Waals surface area (Å²) in [5, 5.41) is 5.88. The van der Waals surface area contributed by atoms with E-state index in [4.69, 9.17) is 4.74 Å². The highest BCUT2D eigenvalue weighted by Gasteiger charge is 2.35. The number of hydrogen-bond donors (Lipinski definition) is 2. The second kappa shape index (κ2) is 11.7. The van der Waals surface area contributed by atoms with E-state index < -0.39 is 11.7 Å². The number of unbranched alkanes of at least 4 members (excludes halogenated alkanes) is 3. The second-order valence-electron chi connectivity index (χ2n) is 8.36. The van der Waals surface area contributed by atoms with Crippen molar-refractivity contribution in [2.75, 3.05) is 10.6 Å². The Bertz CT molecular complexity index is 1050. The van der Waals surface area contributed by atoms with Crippen LogP contribution < -0.4 is 15.4 Å². The van der Waals surface area contributed by atoms with E-state index in [0.29, 0.717) is 17.1 Å². The molecule has 0 aliphatic carbocycles. The van der Waals surface area contributed by atoms with E-state index in [0.717, 1.165) is 43.9 Å². The van der Waals surface area contributed by atoms with Crippen LogP contribution in [-0.2, 0) is 12.6 Å². The molecule has 0 aliphatic heterocycles. The molecule has 1 heterocycles. The highest BCUT2D eigenvalue weighted by molar-refractivity contribution is 5.65. The molecule has 0 aliphatic rings. The van der Waals surface area contributed by atoms with E-state index in [2.05, 4.69) is 27.5 Å². The molecule has 3 aromatic rings. The lowest BCUT2D eigenvalue weighted by atomic mass is 10.0. The Hall–Kier alpha value is -3.29. The number of nitrogens with one attached hydrogen (secondary N) is 2. The van der Waals surface area contributed by atoms with Crippen molar-refractivity contribution in [3.05, 3.63) is 65.9 Å². The quantitative estimate of drug-likeness (QED) is 0.278. The molecule has 2 aromatic carbocycles. The van der Waals surface area contributed by atoms with Crippen LogP contribution in [0, 0.1) is 0 Å². The number of para-hydroxylation sites is 1.